The van der Waals surface area contributed by atoms with Gasteiger partial charge in [-0.05, 0) is 55.4 Å². The molecule has 0 unspecified atom stereocenters. The van der Waals surface area contributed by atoms with E-state index in [1.54, 1.807) is 43.5 Å². The molecule has 0 bridgehead atoms. The highest BCUT2D eigenvalue weighted by atomic mass is 35.5. The van der Waals surface area contributed by atoms with E-state index in [1.165, 1.54) is 0 Å². The van der Waals surface area contributed by atoms with E-state index in [0.29, 0.717) is 28.0 Å². The van der Waals surface area contributed by atoms with Gasteiger partial charge < -0.3 is 20.9 Å². The van der Waals surface area contributed by atoms with Gasteiger partial charge in [0.1, 0.15) is 5.75 Å². The predicted molar refractivity (Wildman–Crippen MR) is 97.1 cm³/mol. The fourth-order valence-electron chi connectivity index (χ4n) is 1.58. The molecule has 2 aromatic rings. The third-order valence-corrected chi connectivity index (χ3v) is 3.12. The SMILES string of the molecule is C=C(N)c1ccc(Oc2ccc(Cl)cc2)c(OC)c1.CCCN. The summed E-state index contributed by atoms with van der Waals surface area (Å²) in [5.41, 5.74) is 12.0. The van der Waals surface area contributed by atoms with Crippen LogP contribution in [0.5, 0.6) is 17.2 Å². The van der Waals surface area contributed by atoms with Crippen LogP contribution in [-0.2, 0) is 0 Å². The van der Waals surface area contributed by atoms with E-state index in [0.717, 1.165) is 18.5 Å². The summed E-state index contributed by atoms with van der Waals surface area (Å²) in [6.45, 7) is 6.57. The van der Waals surface area contributed by atoms with E-state index >= 15 is 0 Å². The van der Waals surface area contributed by atoms with Crippen LogP contribution in [0, 0.1) is 0 Å². The highest BCUT2D eigenvalue weighted by Crippen LogP contribution is 2.33. The van der Waals surface area contributed by atoms with Gasteiger partial charge in [0.15, 0.2) is 11.5 Å². The Morgan fingerprint density at radius 2 is 1.74 bits per heavy atom. The molecule has 5 heteroatoms. The fraction of sp³-hybridized carbons (Fsp3) is 0.222. The van der Waals surface area contributed by atoms with Crippen LogP contribution in [0.25, 0.3) is 5.70 Å². The molecule has 0 atom stereocenters. The van der Waals surface area contributed by atoms with Gasteiger partial charge in [-0.3, -0.25) is 0 Å². The van der Waals surface area contributed by atoms with E-state index in [-0.39, 0.29) is 0 Å². The zero-order valence-electron chi connectivity index (χ0n) is 13.5. The van der Waals surface area contributed by atoms with Crippen LogP contribution in [-0.4, -0.2) is 13.7 Å². The van der Waals surface area contributed by atoms with Crippen molar-refractivity contribution in [1.82, 2.24) is 0 Å². The van der Waals surface area contributed by atoms with Crippen molar-refractivity contribution in [2.75, 3.05) is 13.7 Å². The van der Waals surface area contributed by atoms with Gasteiger partial charge >= 0.3 is 0 Å². The van der Waals surface area contributed by atoms with E-state index in [4.69, 9.17) is 32.5 Å². The molecular formula is C18H23ClN2O2. The molecule has 0 fully saturated rings. The summed E-state index contributed by atoms with van der Waals surface area (Å²) in [5, 5.41) is 0.661. The first kappa shape index (κ1) is 18.9. The molecule has 0 aromatic heterocycles. The van der Waals surface area contributed by atoms with Gasteiger partial charge in [0.05, 0.1) is 7.11 Å². The average Bonchev–Trinajstić information content (AvgIpc) is 2.57. The van der Waals surface area contributed by atoms with Crippen LogP contribution in [0.3, 0.4) is 0 Å². The van der Waals surface area contributed by atoms with Crippen LogP contribution < -0.4 is 20.9 Å². The van der Waals surface area contributed by atoms with Gasteiger partial charge in [0, 0.05) is 16.3 Å². The molecule has 0 aliphatic rings. The molecule has 0 saturated carbocycles. The lowest BCUT2D eigenvalue weighted by Crippen LogP contribution is -1.96. The highest BCUT2D eigenvalue weighted by Gasteiger charge is 2.07. The van der Waals surface area contributed by atoms with Crippen molar-refractivity contribution in [3.05, 3.63) is 59.6 Å². The van der Waals surface area contributed by atoms with Crippen LogP contribution >= 0.6 is 11.6 Å². The average molecular weight is 335 g/mol. The number of halogens is 1. The number of hydrogen-bond acceptors (Lipinski definition) is 4. The predicted octanol–water partition coefficient (Wildman–Crippen LogP) is 4.43. The third kappa shape index (κ3) is 6.22. The van der Waals surface area contributed by atoms with Crippen LogP contribution in [0.15, 0.2) is 49.0 Å². The van der Waals surface area contributed by atoms with Crippen molar-refractivity contribution in [1.29, 1.82) is 0 Å². The Bertz CT molecular complexity index is 625. The molecule has 23 heavy (non-hydrogen) atoms. The number of hydrogen-bond donors (Lipinski definition) is 2. The second-order valence-electron chi connectivity index (χ2n) is 4.74. The maximum absolute atomic E-state index is 5.82. The molecule has 0 radical (unpaired) electrons. The topological polar surface area (TPSA) is 70.5 Å². The maximum Gasteiger partial charge on any atom is 0.169 e. The quantitative estimate of drug-likeness (QED) is 0.848. The van der Waals surface area contributed by atoms with E-state index in [2.05, 4.69) is 13.5 Å². The third-order valence-electron chi connectivity index (χ3n) is 2.86. The van der Waals surface area contributed by atoms with Crippen molar-refractivity contribution >= 4 is 17.3 Å². The molecule has 0 amide bonds. The molecular weight excluding hydrogens is 312 g/mol. The van der Waals surface area contributed by atoms with Crippen LogP contribution in [0.1, 0.15) is 18.9 Å². The summed E-state index contributed by atoms with van der Waals surface area (Å²) >= 11 is 5.82. The number of methoxy groups -OCH3 is 1. The summed E-state index contributed by atoms with van der Waals surface area (Å²) in [4.78, 5) is 0. The Morgan fingerprint density at radius 1 is 1.13 bits per heavy atom. The van der Waals surface area contributed by atoms with Crippen molar-refractivity contribution in [2.24, 2.45) is 11.5 Å². The summed E-state index contributed by atoms with van der Waals surface area (Å²) in [6, 6.07) is 12.5. The Morgan fingerprint density at radius 3 is 2.22 bits per heavy atom. The normalized spacial score (nSPS) is 9.57. The molecule has 2 rings (SSSR count). The van der Waals surface area contributed by atoms with Crippen molar-refractivity contribution in [3.63, 3.8) is 0 Å². The smallest absolute Gasteiger partial charge is 0.169 e. The first-order chi connectivity index (χ1) is 11.0. The van der Waals surface area contributed by atoms with Crippen LogP contribution in [0.4, 0.5) is 0 Å². The Kier molecular flexibility index (Phi) is 8.02. The summed E-state index contributed by atoms with van der Waals surface area (Å²) < 4.78 is 11.0. The maximum atomic E-state index is 5.82. The molecule has 4 nitrogen and oxygen atoms in total. The monoisotopic (exact) mass is 334 g/mol. The summed E-state index contributed by atoms with van der Waals surface area (Å²) in [7, 11) is 1.58. The minimum Gasteiger partial charge on any atom is -0.493 e. The first-order valence-corrected chi connectivity index (χ1v) is 7.65. The first-order valence-electron chi connectivity index (χ1n) is 7.28. The Labute approximate surface area is 142 Å². The van der Waals surface area contributed by atoms with Crippen LogP contribution in [0.2, 0.25) is 5.02 Å². The molecule has 0 heterocycles. The number of ether oxygens (including phenoxy) is 2. The molecule has 0 aliphatic carbocycles. The van der Waals surface area contributed by atoms with Gasteiger partial charge in [0.25, 0.3) is 0 Å². The fourth-order valence-corrected chi connectivity index (χ4v) is 1.71. The number of nitrogens with two attached hydrogens (primary N) is 2. The summed E-state index contributed by atoms with van der Waals surface area (Å²) in [5.74, 6) is 1.89. The zero-order chi connectivity index (χ0) is 17.2. The molecule has 0 aliphatic heterocycles. The molecule has 4 N–H and O–H groups in total. The molecule has 0 spiro atoms. The standard InChI is InChI=1S/C15H14ClNO2.C3H9N/c1-10(17)11-3-8-14(15(9-11)18-2)19-13-6-4-12(16)5-7-13;1-2-3-4/h3-9H,1,17H2,2H3;2-4H2,1H3. The van der Waals surface area contributed by atoms with Gasteiger partial charge in [-0.15, -0.1) is 0 Å². The van der Waals surface area contributed by atoms with Gasteiger partial charge in [-0.2, -0.15) is 0 Å². The zero-order valence-corrected chi connectivity index (χ0v) is 14.3. The summed E-state index contributed by atoms with van der Waals surface area (Å²) in [6.07, 6.45) is 1.10. The second kappa shape index (κ2) is 9.77. The van der Waals surface area contributed by atoms with E-state index in [1.807, 2.05) is 6.07 Å². The molecule has 2 aromatic carbocycles. The molecule has 0 saturated heterocycles. The largest absolute Gasteiger partial charge is 0.493 e. The number of rotatable bonds is 5. The minimum atomic E-state index is 0.483. The molecule has 124 valence electrons. The van der Waals surface area contributed by atoms with Crippen molar-refractivity contribution < 1.29 is 9.47 Å². The lowest BCUT2D eigenvalue weighted by Gasteiger charge is -2.12. The second-order valence-corrected chi connectivity index (χ2v) is 5.17. The van der Waals surface area contributed by atoms with Gasteiger partial charge in [0.2, 0.25) is 0 Å². The lowest BCUT2D eigenvalue weighted by atomic mass is 10.1. The minimum absolute atomic E-state index is 0.483. The van der Waals surface area contributed by atoms with Gasteiger partial charge in [-0.1, -0.05) is 25.1 Å². The highest BCUT2D eigenvalue weighted by molar-refractivity contribution is 6.30. The van der Waals surface area contributed by atoms with Crippen molar-refractivity contribution in [2.45, 2.75) is 13.3 Å². The number of benzene rings is 2. The van der Waals surface area contributed by atoms with Crippen molar-refractivity contribution in [3.8, 4) is 17.2 Å². The Hall–Kier alpha value is -2.17. The van der Waals surface area contributed by atoms with E-state index < -0.39 is 0 Å². The van der Waals surface area contributed by atoms with Gasteiger partial charge in [-0.25, -0.2) is 0 Å². The Balaban J connectivity index is 0.000000593. The van der Waals surface area contributed by atoms with E-state index in [9.17, 15) is 0 Å². The lowest BCUT2D eigenvalue weighted by molar-refractivity contribution is 0.378.